The Morgan fingerprint density at radius 1 is 1.16 bits per heavy atom. The van der Waals surface area contributed by atoms with Gasteiger partial charge in [-0.3, -0.25) is 4.98 Å². The fourth-order valence-electron chi connectivity index (χ4n) is 3.40. The van der Waals surface area contributed by atoms with Crippen molar-refractivity contribution in [2.75, 3.05) is 0 Å². The average molecular weight is 255 g/mol. The molecule has 1 aliphatic carbocycles. The van der Waals surface area contributed by atoms with Gasteiger partial charge in [-0.2, -0.15) is 0 Å². The maximum atomic E-state index is 11.0. The predicted octanol–water partition coefficient (Wildman–Crippen LogP) is 4.02. The van der Waals surface area contributed by atoms with E-state index < -0.39 is 5.60 Å². The van der Waals surface area contributed by atoms with E-state index >= 15 is 0 Å². The second-order valence-electron chi connectivity index (χ2n) is 6.64. The molecule has 1 N–H and O–H groups in total. The fourth-order valence-corrected chi connectivity index (χ4v) is 3.40. The lowest BCUT2D eigenvalue weighted by Crippen LogP contribution is -2.36. The molecule has 0 amide bonds. The summed E-state index contributed by atoms with van der Waals surface area (Å²) in [5.41, 5.74) is 1.46. The van der Waals surface area contributed by atoms with Gasteiger partial charge in [0.25, 0.3) is 0 Å². The Morgan fingerprint density at radius 2 is 1.95 bits per heavy atom. The molecule has 19 heavy (non-hydrogen) atoms. The van der Waals surface area contributed by atoms with Crippen LogP contribution < -0.4 is 0 Å². The van der Waals surface area contributed by atoms with E-state index in [1.165, 1.54) is 6.42 Å². The van der Waals surface area contributed by atoms with Crippen molar-refractivity contribution in [2.45, 2.75) is 45.1 Å². The van der Waals surface area contributed by atoms with Gasteiger partial charge in [-0.25, -0.2) is 0 Å². The van der Waals surface area contributed by atoms with E-state index in [-0.39, 0.29) is 5.41 Å². The molecule has 1 saturated carbocycles. The minimum Gasteiger partial charge on any atom is -0.385 e. The molecule has 0 radical (unpaired) electrons. The highest BCUT2D eigenvalue weighted by Crippen LogP contribution is 2.46. The van der Waals surface area contributed by atoms with Crippen molar-refractivity contribution < 1.29 is 5.11 Å². The topological polar surface area (TPSA) is 33.1 Å². The first-order chi connectivity index (χ1) is 8.99. The zero-order valence-corrected chi connectivity index (χ0v) is 11.7. The number of rotatable bonds is 1. The molecule has 1 aromatic heterocycles. The standard InChI is InChI=1S/C17H21NO/c1-16(2)8-5-9-17(19,12-16)14-10-13-6-3-4-7-15(13)18-11-14/h3-4,6-7,10-11,19H,5,8-9,12H2,1-2H3. The van der Waals surface area contributed by atoms with Crippen LogP contribution in [0.25, 0.3) is 10.9 Å². The molecule has 1 atom stereocenters. The molecule has 1 heterocycles. The molecule has 0 aliphatic heterocycles. The number of aliphatic hydroxyl groups is 1. The third-order valence-corrected chi connectivity index (χ3v) is 4.34. The van der Waals surface area contributed by atoms with E-state index in [1.807, 2.05) is 24.4 Å². The number of benzene rings is 1. The Hall–Kier alpha value is -1.41. The van der Waals surface area contributed by atoms with Gasteiger partial charge < -0.3 is 5.11 Å². The van der Waals surface area contributed by atoms with Crippen molar-refractivity contribution >= 4 is 10.9 Å². The van der Waals surface area contributed by atoms with Crippen LogP contribution in [0.2, 0.25) is 0 Å². The normalized spacial score (nSPS) is 26.5. The fraction of sp³-hybridized carbons (Fsp3) is 0.471. The summed E-state index contributed by atoms with van der Waals surface area (Å²) >= 11 is 0. The Kier molecular flexibility index (Phi) is 2.86. The number of aromatic nitrogens is 1. The first kappa shape index (κ1) is 12.6. The van der Waals surface area contributed by atoms with E-state index in [9.17, 15) is 5.11 Å². The van der Waals surface area contributed by atoms with E-state index in [2.05, 4.69) is 31.0 Å². The maximum Gasteiger partial charge on any atom is 0.0916 e. The third-order valence-electron chi connectivity index (χ3n) is 4.34. The van der Waals surface area contributed by atoms with Crippen LogP contribution in [0.3, 0.4) is 0 Å². The van der Waals surface area contributed by atoms with Crippen LogP contribution in [-0.4, -0.2) is 10.1 Å². The number of para-hydroxylation sites is 1. The van der Waals surface area contributed by atoms with Crippen molar-refractivity contribution in [3.63, 3.8) is 0 Å². The largest absolute Gasteiger partial charge is 0.385 e. The molecule has 1 aliphatic rings. The lowest BCUT2D eigenvalue weighted by atomic mass is 9.67. The minimum atomic E-state index is -0.710. The van der Waals surface area contributed by atoms with Crippen LogP contribution in [0, 0.1) is 5.41 Å². The van der Waals surface area contributed by atoms with E-state index in [1.54, 1.807) is 0 Å². The van der Waals surface area contributed by atoms with Gasteiger partial charge in [-0.15, -0.1) is 0 Å². The first-order valence-electron chi connectivity index (χ1n) is 7.06. The number of pyridine rings is 1. The quantitative estimate of drug-likeness (QED) is 0.834. The van der Waals surface area contributed by atoms with Gasteiger partial charge >= 0.3 is 0 Å². The van der Waals surface area contributed by atoms with Crippen molar-refractivity contribution in [2.24, 2.45) is 5.41 Å². The van der Waals surface area contributed by atoms with Crippen LogP contribution in [0.4, 0.5) is 0 Å². The highest BCUT2D eigenvalue weighted by molar-refractivity contribution is 5.78. The second kappa shape index (κ2) is 4.31. The molecule has 100 valence electrons. The summed E-state index contributed by atoms with van der Waals surface area (Å²) in [4.78, 5) is 4.49. The summed E-state index contributed by atoms with van der Waals surface area (Å²) in [6, 6.07) is 10.2. The Balaban J connectivity index is 2.03. The van der Waals surface area contributed by atoms with Crippen LogP contribution in [-0.2, 0) is 5.60 Å². The molecule has 0 saturated heterocycles. The molecule has 0 bridgehead atoms. The van der Waals surface area contributed by atoms with Crippen LogP contribution in [0.5, 0.6) is 0 Å². The van der Waals surface area contributed by atoms with Gasteiger partial charge in [-0.05, 0) is 43.2 Å². The lowest BCUT2D eigenvalue weighted by molar-refractivity contribution is -0.0441. The molecular weight excluding hydrogens is 234 g/mol. The van der Waals surface area contributed by atoms with Crippen molar-refractivity contribution in [1.29, 1.82) is 0 Å². The Bertz CT molecular complexity index is 605. The zero-order valence-electron chi connectivity index (χ0n) is 11.7. The zero-order chi connectivity index (χ0) is 13.5. The summed E-state index contributed by atoms with van der Waals surface area (Å²) in [6.45, 7) is 4.48. The van der Waals surface area contributed by atoms with Crippen molar-refractivity contribution in [1.82, 2.24) is 4.98 Å². The van der Waals surface area contributed by atoms with Gasteiger partial charge in [0, 0.05) is 17.1 Å². The van der Waals surface area contributed by atoms with E-state index in [4.69, 9.17) is 0 Å². The number of nitrogens with zero attached hydrogens (tertiary/aromatic N) is 1. The van der Waals surface area contributed by atoms with Gasteiger partial charge in [-0.1, -0.05) is 32.0 Å². The first-order valence-corrected chi connectivity index (χ1v) is 7.06. The highest BCUT2D eigenvalue weighted by atomic mass is 16.3. The average Bonchev–Trinajstić information content (AvgIpc) is 2.36. The number of hydrogen-bond acceptors (Lipinski definition) is 2. The molecule has 0 spiro atoms. The van der Waals surface area contributed by atoms with E-state index in [0.29, 0.717) is 0 Å². The number of fused-ring (bicyclic) bond motifs is 1. The van der Waals surface area contributed by atoms with Gasteiger partial charge in [0.15, 0.2) is 0 Å². The summed E-state index contributed by atoms with van der Waals surface area (Å²) in [5, 5.41) is 12.1. The van der Waals surface area contributed by atoms with Crippen LogP contribution >= 0.6 is 0 Å². The Morgan fingerprint density at radius 3 is 2.74 bits per heavy atom. The van der Waals surface area contributed by atoms with Crippen molar-refractivity contribution in [3.05, 3.63) is 42.1 Å². The lowest BCUT2D eigenvalue weighted by Gasteiger charge is -2.41. The smallest absolute Gasteiger partial charge is 0.0916 e. The van der Waals surface area contributed by atoms with Crippen LogP contribution in [0.1, 0.15) is 45.1 Å². The molecule has 2 nitrogen and oxygen atoms in total. The molecule has 3 rings (SSSR count). The van der Waals surface area contributed by atoms with Crippen molar-refractivity contribution in [3.8, 4) is 0 Å². The molecule has 2 aromatic rings. The van der Waals surface area contributed by atoms with Gasteiger partial charge in [0.2, 0.25) is 0 Å². The summed E-state index contributed by atoms with van der Waals surface area (Å²) in [5.74, 6) is 0. The molecule has 1 aromatic carbocycles. The second-order valence-corrected chi connectivity index (χ2v) is 6.64. The molecule has 1 unspecified atom stereocenters. The highest BCUT2D eigenvalue weighted by Gasteiger charge is 2.39. The minimum absolute atomic E-state index is 0.207. The SMILES string of the molecule is CC1(C)CCCC(O)(c2cnc3ccccc3c2)C1. The summed E-state index contributed by atoms with van der Waals surface area (Å²) in [6.07, 6.45) is 5.78. The maximum absolute atomic E-state index is 11.0. The molecular formula is C17H21NO. The predicted molar refractivity (Wildman–Crippen MR) is 77.9 cm³/mol. The monoisotopic (exact) mass is 255 g/mol. The Labute approximate surface area is 114 Å². The van der Waals surface area contributed by atoms with Gasteiger partial charge in [0.05, 0.1) is 11.1 Å². The summed E-state index contributed by atoms with van der Waals surface area (Å²) < 4.78 is 0. The third kappa shape index (κ3) is 2.37. The number of hydrogen-bond donors (Lipinski definition) is 1. The van der Waals surface area contributed by atoms with E-state index in [0.717, 1.165) is 35.7 Å². The molecule has 2 heteroatoms. The molecule has 1 fully saturated rings. The summed E-state index contributed by atoms with van der Waals surface area (Å²) in [7, 11) is 0. The van der Waals surface area contributed by atoms with Gasteiger partial charge in [0.1, 0.15) is 0 Å². The van der Waals surface area contributed by atoms with Crippen LogP contribution in [0.15, 0.2) is 36.5 Å².